The molecule has 11 rings (SSSR count). The molecule has 2 saturated carbocycles. The average molecular weight is 900 g/mol. The zero-order valence-corrected chi connectivity index (χ0v) is 38.0. The monoisotopic (exact) mass is 899 g/mol. The van der Waals surface area contributed by atoms with Gasteiger partial charge in [0.1, 0.15) is 28.6 Å². The predicted octanol–water partition coefficient (Wildman–Crippen LogP) is 7.93. The fourth-order valence-electron chi connectivity index (χ4n) is 12.3. The molecule has 3 aromatic carbocycles. The molecule has 6 heterocycles. The van der Waals surface area contributed by atoms with Crippen LogP contribution in [-0.4, -0.2) is 98.3 Å². The molecule has 346 valence electrons. The third-order valence-corrected chi connectivity index (χ3v) is 15.9. The van der Waals surface area contributed by atoms with Gasteiger partial charge in [0.05, 0.1) is 23.5 Å². The SMILES string of the molecule is CCc1c(F)ccc2cc(O)cc(-c3ncc4c(N5CCC[C@@](C)(O)C5)nc(OCC5(CN6CCC7(CC6)CC(CN6Cc8ccc(C9CCC(=O)NC9=O)cc8C6)C7)CC5)nc4c3F)c12. The highest BCUT2D eigenvalue weighted by atomic mass is 19.1. The molecular weight excluding hydrogens is 841 g/mol. The number of halogens is 2. The largest absolute Gasteiger partial charge is 0.508 e. The van der Waals surface area contributed by atoms with Crippen LogP contribution in [0.1, 0.15) is 106 Å². The molecule has 14 heteroatoms. The van der Waals surface area contributed by atoms with Gasteiger partial charge in [-0.15, -0.1) is 0 Å². The lowest BCUT2D eigenvalue weighted by Crippen LogP contribution is -2.50. The lowest BCUT2D eigenvalue weighted by molar-refractivity contribution is -0.134. The van der Waals surface area contributed by atoms with Crippen molar-refractivity contribution in [3.05, 3.63) is 82.5 Å². The Morgan fingerprint density at radius 3 is 2.50 bits per heavy atom. The molecule has 1 unspecified atom stereocenters. The van der Waals surface area contributed by atoms with Crippen LogP contribution in [0.5, 0.6) is 11.8 Å². The number of phenolic OH excluding ortho intramolecular Hbond substituents is 1. The van der Waals surface area contributed by atoms with Crippen LogP contribution in [0.3, 0.4) is 0 Å². The Kier molecular flexibility index (Phi) is 10.8. The quantitative estimate of drug-likeness (QED) is 0.111. The fraction of sp³-hybridized carbons (Fsp3) is 0.519. The van der Waals surface area contributed by atoms with Gasteiger partial charge < -0.3 is 24.7 Å². The molecule has 6 aliphatic rings. The van der Waals surface area contributed by atoms with Crippen LogP contribution < -0.4 is 15.0 Å². The second-order valence-electron chi connectivity index (χ2n) is 21.0. The topological polar surface area (TPSA) is 144 Å². The highest BCUT2D eigenvalue weighted by molar-refractivity contribution is 6.02. The molecule has 2 atom stereocenters. The number of aromatic nitrogens is 3. The summed E-state index contributed by atoms with van der Waals surface area (Å²) in [5, 5.41) is 25.8. The Hall–Kier alpha value is -5.31. The van der Waals surface area contributed by atoms with E-state index in [1.807, 2.05) is 11.8 Å². The molecule has 0 radical (unpaired) electrons. The van der Waals surface area contributed by atoms with Crippen molar-refractivity contribution < 1.29 is 33.3 Å². The molecule has 2 aromatic heterocycles. The number of phenols is 1. The summed E-state index contributed by atoms with van der Waals surface area (Å²) < 4.78 is 38.7. The third-order valence-electron chi connectivity index (χ3n) is 15.9. The van der Waals surface area contributed by atoms with Crippen LogP contribution in [-0.2, 0) is 29.1 Å². The molecule has 2 aliphatic carbocycles. The molecule has 1 spiro atoms. The first kappa shape index (κ1) is 43.3. The molecule has 3 N–H and O–H groups in total. The van der Waals surface area contributed by atoms with Crippen LogP contribution >= 0.6 is 0 Å². The van der Waals surface area contributed by atoms with E-state index in [1.54, 1.807) is 25.3 Å². The highest BCUT2D eigenvalue weighted by Gasteiger charge is 2.50. The molecule has 12 nitrogen and oxygen atoms in total. The van der Waals surface area contributed by atoms with Crippen molar-refractivity contribution in [2.24, 2.45) is 16.7 Å². The number of nitrogens with one attached hydrogen (secondary N) is 1. The first-order valence-corrected chi connectivity index (χ1v) is 24.1. The number of β-amino-alcohol motifs (C(OH)–C–C–N with tert-alkyl or cyclic N) is 1. The van der Waals surface area contributed by atoms with Crippen molar-refractivity contribution in [2.75, 3.05) is 50.8 Å². The lowest BCUT2D eigenvalue weighted by Gasteiger charge is -2.53. The minimum Gasteiger partial charge on any atom is -0.508 e. The number of anilines is 1. The van der Waals surface area contributed by atoms with Gasteiger partial charge in [-0.05, 0) is 147 Å². The average Bonchev–Trinajstić information content (AvgIpc) is 3.92. The van der Waals surface area contributed by atoms with Crippen molar-refractivity contribution in [1.29, 1.82) is 0 Å². The van der Waals surface area contributed by atoms with E-state index in [-0.39, 0.29) is 51.7 Å². The van der Waals surface area contributed by atoms with E-state index < -0.39 is 17.2 Å². The zero-order chi connectivity index (χ0) is 45.5. The number of aryl methyl sites for hydroxylation is 1. The molecule has 0 bridgehead atoms. The van der Waals surface area contributed by atoms with Crippen molar-refractivity contribution in [1.82, 2.24) is 30.1 Å². The number of amides is 2. The van der Waals surface area contributed by atoms with E-state index in [0.717, 1.165) is 64.1 Å². The van der Waals surface area contributed by atoms with E-state index in [0.29, 0.717) is 84.3 Å². The third kappa shape index (κ3) is 8.16. The molecule has 5 aromatic rings. The number of aliphatic hydroxyl groups is 1. The van der Waals surface area contributed by atoms with Crippen LogP contribution in [0, 0.1) is 28.4 Å². The van der Waals surface area contributed by atoms with Crippen LogP contribution in [0.2, 0.25) is 0 Å². The molecular formula is C52H59F2N7O5. The summed E-state index contributed by atoms with van der Waals surface area (Å²) >= 11 is 0. The Morgan fingerprint density at radius 1 is 0.939 bits per heavy atom. The van der Waals surface area contributed by atoms with Crippen LogP contribution in [0.25, 0.3) is 32.9 Å². The van der Waals surface area contributed by atoms with Gasteiger partial charge in [-0.25, -0.2) is 8.78 Å². The second kappa shape index (κ2) is 16.5. The van der Waals surface area contributed by atoms with Crippen LogP contribution in [0.15, 0.2) is 48.7 Å². The number of carbonyl (C=O) groups excluding carboxylic acids is 2. The Bertz CT molecular complexity index is 2760. The van der Waals surface area contributed by atoms with Crippen molar-refractivity contribution in [2.45, 2.75) is 109 Å². The van der Waals surface area contributed by atoms with Crippen LogP contribution in [0.4, 0.5) is 14.6 Å². The number of ether oxygens (including phenoxy) is 1. The van der Waals surface area contributed by atoms with E-state index in [2.05, 4.69) is 38.3 Å². The number of pyridine rings is 1. The Morgan fingerprint density at radius 2 is 1.74 bits per heavy atom. The predicted molar refractivity (Wildman–Crippen MR) is 247 cm³/mol. The number of hydrogen-bond donors (Lipinski definition) is 3. The molecule has 2 amide bonds. The maximum Gasteiger partial charge on any atom is 0.319 e. The number of piperidine rings is 3. The smallest absolute Gasteiger partial charge is 0.319 e. The van der Waals surface area contributed by atoms with E-state index in [4.69, 9.17) is 14.7 Å². The molecule has 3 saturated heterocycles. The molecule has 66 heavy (non-hydrogen) atoms. The minimum absolute atomic E-state index is 0.0225. The number of likely N-dealkylation sites (tertiary alicyclic amines) is 1. The minimum atomic E-state index is -0.956. The summed E-state index contributed by atoms with van der Waals surface area (Å²) in [4.78, 5) is 45.5. The summed E-state index contributed by atoms with van der Waals surface area (Å²) in [6, 6.07) is 12.4. The maximum atomic E-state index is 17.1. The first-order chi connectivity index (χ1) is 31.8. The van der Waals surface area contributed by atoms with E-state index in [1.165, 1.54) is 48.9 Å². The normalized spacial score (nSPS) is 24.2. The van der Waals surface area contributed by atoms with E-state index >= 15 is 8.78 Å². The summed E-state index contributed by atoms with van der Waals surface area (Å²) in [5.74, 6) is -0.663. The fourth-order valence-corrected chi connectivity index (χ4v) is 12.3. The number of hydrogen-bond acceptors (Lipinski definition) is 11. The summed E-state index contributed by atoms with van der Waals surface area (Å²) in [6.45, 7) is 11.0. The van der Waals surface area contributed by atoms with Crippen molar-refractivity contribution >= 4 is 39.3 Å². The van der Waals surface area contributed by atoms with Gasteiger partial charge in [-0.2, -0.15) is 9.97 Å². The maximum absolute atomic E-state index is 17.1. The number of benzene rings is 3. The van der Waals surface area contributed by atoms with E-state index in [9.17, 15) is 19.8 Å². The lowest BCUT2D eigenvalue weighted by atomic mass is 9.57. The number of carbonyl (C=O) groups is 2. The van der Waals surface area contributed by atoms with Gasteiger partial charge in [-0.1, -0.05) is 31.2 Å². The number of imide groups is 1. The van der Waals surface area contributed by atoms with Crippen molar-refractivity contribution in [3.63, 3.8) is 0 Å². The van der Waals surface area contributed by atoms with Gasteiger partial charge in [0.15, 0.2) is 5.82 Å². The Balaban J connectivity index is 0.750. The number of fused-ring (bicyclic) bond motifs is 3. The van der Waals surface area contributed by atoms with Gasteiger partial charge in [0.25, 0.3) is 0 Å². The number of aromatic hydroxyl groups is 1. The Labute approximate surface area is 383 Å². The highest BCUT2D eigenvalue weighted by Crippen LogP contribution is 2.54. The first-order valence-electron chi connectivity index (χ1n) is 24.1. The summed E-state index contributed by atoms with van der Waals surface area (Å²) in [5.41, 5.74) is 3.77. The zero-order valence-electron chi connectivity index (χ0n) is 38.0. The van der Waals surface area contributed by atoms with Gasteiger partial charge in [0.2, 0.25) is 11.8 Å². The van der Waals surface area contributed by atoms with Gasteiger partial charge in [0, 0.05) is 62.9 Å². The standard InChI is InChI=1S/C52H59F2N7O5/c1-3-37-41(53)9-7-33-20-36(62)21-39(43(33)37)45-44(54)46-40(24-55-45)47(61-16-4-11-50(2,65)28-61)58-49(57-46)66-30-52(12-13-52)29-59-17-14-51(15-18-59)22-31(23-51)25-60-26-34-6-5-32(19-35(34)27-60)38-8-10-42(63)56-48(38)64/h5-7,9,19-21,24,31,38,62,65H,3-4,8,10-18,22-23,25-30H2,1-2H3,(H,56,63,64)/t38?,50-/m1/s1. The van der Waals surface area contributed by atoms with Crippen molar-refractivity contribution in [3.8, 4) is 23.0 Å². The molecule has 4 aliphatic heterocycles. The second-order valence-corrected chi connectivity index (χ2v) is 21.0. The molecule has 5 fully saturated rings. The van der Waals surface area contributed by atoms with Gasteiger partial charge >= 0.3 is 6.01 Å². The van der Waals surface area contributed by atoms with Gasteiger partial charge in [-0.3, -0.25) is 24.8 Å². The summed E-state index contributed by atoms with van der Waals surface area (Å²) in [6.07, 6.45) is 11.2. The number of rotatable bonds is 11. The number of nitrogens with zero attached hydrogens (tertiary/aromatic N) is 6. The summed E-state index contributed by atoms with van der Waals surface area (Å²) in [7, 11) is 0.